The Bertz CT molecular complexity index is 1460. The second kappa shape index (κ2) is 10.5. The Morgan fingerprint density at radius 3 is 1.68 bits per heavy atom. The van der Waals surface area contributed by atoms with Crippen LogP contribution in [0.4, 0.5) is 26.3 Å². The minimum atomic E-state index is -5.17. The van der Waals surface area contributed by atoms with Gasteiger partial charge in [0.25, 0.3) is 0 Å². The van der Waals surface area contributed by atoms with Crippen molar-refractivity contribution in [2.45, 2.75) is 30.1 Å². The summed E-state index contributed by atoms with van der Waals surface area (Å²) in [7, 11) is 0. The lowest BCUT2D eigenvalue weighted by molar-refractivity contribution is -0.139. The minimum absolute atomic E-state index is 0.0188. The van der Waals surface area contributed by atoms with Crippen molar-refractivity contribution in [3.8, 4) is 0 Å². The van der Waals surface area contributed by atoms with Crippen molar-refractivity contribution >= 4 is 41.1 Å². The van der Waals surface area contributed by atoms with Crippen LogP contribution in [0.2, 0.25) is 5.02 Å². The monoisotopic (exact) mass is 602 g/mol. The van der Waals surface area contributed by atoms with Crippen molar-refractivity contribution in [2.75, 3.05) is 5.75 Å². The number of rotatable bonds is 6. The molecule has 40 heavy (non-hydrogen) atoms. The molecule has 0 fully saturated rings. The van der Waals surface area contributed by atoms with Gasteiger partial charge in [-0.25, -0.2) is 9.59 Å². The number of hydrogen-bond acceptors (Lipinski definition) is 4. The Morgan fingerprint density at radius 1 is 0.800 bits per heavy atom. The lowest BCUT2D eigenvalue weighted by atomic mass is 9.70. The molecule has 0 unspecified atom stereocenters. The lowest BCUT2D eigenvalue weighted by Crippen LogP contribution is -2.42. The second-order valence-electron chi connectivity index (χ2n) is 9.15. The van der Waals surface area contributed by atoms with Crippen molar-refractivity contribution in [2.24, 2.45) is 5.41 Å². The molecule has 0 amide bonds. The molecule has 0 spiro atoms. The molecule has 0 aliphatic carbocycles. The molecule has 2 N–H and O–H groups in total. The quantitative estimate of drug-likeness (QED) is 0.283. The standard InChI is InChI=1S/C27H17ClF6O5S/c28-18-9-3-8-17-21(18)40-12-25(22(17)35,10-13-4-1-6-15(23(36)37)19(13)26(29,30)31)11-14-5-2-7-16(24(38)39)20(14)27(32,33)34/h1-9H,10-12H2,(H,36,37)(H,38,39). The Morgan fingerprint density at radius 2 is 1.25 bits per heavy atom. The Balaban J connectivity index is 1.98. The van der Waals surface area contributed by atoms with Crippen LogP contribution in [0.5, 0.6) is 0 Å². The van der Waals surface area contributed by atoms with Crippen LogP contribution in [-0.2, 0) is 25.2 Å². The number of benzene rings is 3. The normalized spacial score (nSPS) is 15.0. The zero-order valence-electron chi connectivity index (χ0n) is 20.0. The van der Waals surface area contributed by atoms with Crippen LogP contribution >= 0.6 is 23.4 Å². The number of halogens is 7. The molecular formula is C27H17ClF6O5S. The molecule has 0 saturated carbocycles. The summed E-state index contributed by atoms with van der Waals surface area (Å²) in [5.41, 5.74) is -8.39. The van der Waals surface area contributed by atoms with Crippen LogP contribution in [-0.4, -0.2) is 33.7 Å². The molecule has 1 aliphatic heterocycles. The first-order valence-corrected chi connectivity index (χ1v) is 12.7. The number of alkyl halides is 6. The summed E-state index contributed by atoms with van der Waals surface area (Å²) < 4.78 is 84.8. The van der Waals surface area contributed by atoms with Gasteiger partial charge in [0.05, 0.1) is 32.7 Å². The molecule has 0 aromatic heterocycles. The number of fused-ring (bicyclic) bond motifs is 1. The van der Waals surface area contributed by atoms with E-state index < -0.39 is 81.7 Å². The first kappa shape index (κ1) is 29.5. The summed E-state index contributed by atoms with van der Waals surface area (Å²) in [6, 6.07) is 9.77. The maximum Gasteiger partial charge on any atom is 0.417 e. The first-order chi connectivity index (χ1) is 18.6. The zero-order valence-corrected chi connectivity index (χ0v) is 21.6. The van der Waals surface area contributed by atoms with Crippen molar-refractivity contribution in [1.82, 2.24) is 0 Å². The predicted molar refractivity (Wildman–Crippen MR) is 133 cm³/mol. The molecule has 0 bridgehead atoms. The highest BCUT2D eigenvalue weighted by atomic mass is 35.5. The molecule has 4 rings (SSSR count). The van der Waals surface area contributed by atoms with Crippen molar-refractivity contribution in [3.63, 3.8) is 0 Å². The Labute approximate surface area is 231 Å². The molecule has 5 nitrogen and oxygen atoms in total. The van der Waals surface area contributed by atoms with Gasteiger partial charge in [-0.05, 0) is 42.2 Å². The fourth-order valence-corrected chi connectivity index (χ4v) is 6.59. The van der Waals surface area contributed by atoms with E-state index in [0.29, 0.717) is 4.90 Å². The third-order valence-corrected chi connectivity index (χ3v) is 8.43. The number of carbonyl (C=O) groups excluding carboxylic acids is 1. The Kier molecular flexibility index (Phi) is 7.72. The third-order valence-electron chi connectivity index (χ3n) is 6.57. The summed E-state index contributed by atoms with van der Waals surface area (Å²) in [5, 5.41) is 19.0. The van der Waals surface area contributed by atoms with E-state index in [4.69, 9.17) is 11.6 Å². The van der Waals surface area contributed by atoms with Gasteiger partial charge in [-0.3, -0.25) is 4.79 Å². The summed E-state index contributed by atoms with van der Waals surface area (Å²) in [5.74, 6) is -4.87. The van der Waals surface area contributed by atoms with E-state index in [9.17, 15) is 50.9 Å². The van der Waals surface area contributed by atoms with Gasteiger partial charge in [0.15, 0.2) is 5.78 Å². The maximum absolute atomic E-state index is 14.1. The zero-order chi connectivity index (χ0) is 29.6. The Hall–Kier alpha value is -3.51. The molecular weight excluding hydrogens is 586 g/mol. The molecule has 13 heteroatoms. The average molecular weight is 603 g/mol. The minimum Gasteiger partial charge on any atom is -0.478 e. The van der Waals surface area contributed by atoms with E-state index in [-0.39, 0.29) is 16.3 Å². The SMILES string of the molecule is O=C(O)c1cccc(CC2(Cc3cccc(C(=O)O)c3C(F)(F)F)CSc3c(Cl)cccc3C2=O)c1C(F)(F)F. The van der Waals surface area contributed by atoms with Crippen LogP contribution in [0.25, 0.3) is 0 Å². The fourth-order valence-electron chi connectivity index (χ4n) is 4.97. The van der Waals surface area contributed by atoms with Gasteiger partial charge in [-0.1, -0.05) is 48.0 Å². The number of hydrogen-bond donors (Lipinski definition) is 2. The summed E-state index contributed by atoms with van der Waals surface area (Å²) in [6.45, 7) is 0. The van der Waals surface area contributed by atoms with Crippen molar-refractivity contribution in [1.29, 1.82) is 0 Å². The number of thioether (sulfide) groups is 1. The van der Waals surface area contributed by atoms with E-state index in [0.717, 1.165) is 48.2 Å². The number of ketones is 1. The molecule has 1 aliphatic rings. The molecule has 210 valence electrons. The van der Waals surface area contributed by atoms with Gasteiger partial charge < -0.3 is 10.2 Å². The van der Waals surface area contributed by atoms with E-state index in [2.05, 4.69) is 0 Å². The summed E-state index contributed by atoms with van der Waals surface area (Å²) >= 11 is 7.17. The van der Waals surface area contributed by atoms with Crippen LogP contribution in [0.3, 0.4) is 0 Å². The molecule has 0 saturated heterocycles. The van der Waals surface area contributed by atoms with Crippen LogP contribution in [0.1, 0.15) is 53.3 Å². The molecule has 0 radical (unpaired) electrons. The van der Waals surface area contributed by atoms with Gasteiger partial charge >= 0.3 is 24.3 Å². The van der Waals surface area contributed by atoms with Crippen LogP contribution in [0, 0.1) is 5.41 Å². The van der Waals surface area contributed by atoms with Gasteiger partial charge in [0.2, 0.25) is 0 Å². The first-order valence-electron chi connectivity index (χ1n) is 11.4. The van der Waals surface area contributed by atoms with Gasteiger partial charge in [-0.2, -0.15) is 26.3 Å². The fraction of sp³-hybridized carbons (Fsp3) is 0.222. The van der Waals surface area contributed by atoms with Gasteiger partial charge in [0, 0.05) is 16.2 Å². The highest BCUT2D eigenvalue weighted by Crippen LogP contribution is 2.49. The van der Waals surface area contributed by atoms with Crippen LogP contribution in [0.15, 0.2) is 59.5 Å². The van der Waals surface area contributed by atoms with Gasteiger partial charge in [-0.15, -0.1) is 11.8 Å². The number of Topliss-reactive ketones (excluding diaryl/α,β-unsaturated/α-hetero) is 1. The van der Waals surface area contributed by atoms with Crippen molar-refractivity contribution < 1.29 is 50.9 Å². The van der Waals surface area contributed by atoms with Gasteiger partial charge in [0.1, 0.15) is 0 Å². The van der Waals surface area contributed by atoms with E-state index in [1.807, 2.05) is 0 Å². The van der Waals surface area contributed by atoms with E-state index >= 15 is 0 Å². The smallest absolute Gasteiger partial charge is 0.417 e. The largest absolute Gasteiger partial charge is 0.478 e. The topological polar surface area (TPSA) is 91.7 Å². The predicted octanol–water partition coefficient (Wildman–Crippen LogP) is 7.53. The van der Waals surface area contributed by atoms with E-state index in [1.165, 1.54) is 18.2 Å². The number of carboxylic acid groups (broad SMARTS) is 2. The molecule has 1 heterocycles. The number of aromatic carboxylic acids is 2. The van der Waals surface area contributed by atoms with E-state index in [1.54, 1.807) is 0 Å². The third kappa shape index (κ3) is 5.42. The van der Waals surface area contributed by atoms with Crippen molar-refractivity contribution in [3.05, 3.63) is 98.6 Å². The number of carbonyl (C=O) groups is 3. The lowest BCUT2D eigenvalue weighted by Gasteiger charge is -2.38. The molecule has 3 aromatic carbocycles. The van der Waals surface area contributed by atoms with Crippen LogP contribution < -0.4 is 0 Å². The maximum atomic E-state index is 14.1. The number of carboxylic acids is 2. The summed E-state index contributed by atoms with van der Waals surface area (Å²) in [6.07, 6.45) is -11.9. The summed E-state index contributed by atoms with van der Waals surface area (Å²) in [4.78, 5) is 37.6. The molecule has 3 aromatic rings. The molecule has 0 atom stereocenters. The second-order valence-corrected chi connectivity index (χ2v) is 10.5. The highest BCUT2D eigenvalue weighted by Gasteiger charge is 2.48. The highest BCUT2D eigenvalue weighted by molar-refractivity contribution is 7.99. The average Bonchev–Trinajstić information content (AvgIpc) is 2.85.